The number of benzene rings is 2. The van der Waals surface area contributed by atoms with Gasteiger partial charge in [-0.1, -0.05) is 29.8 Å². The normalized spacial score (nSPS) is 10.9. The minimum atomic E-state index is -0.979. The highest BCUT2D eigenvalue weighted by atomic mass is 16.5. The first-order chi connectivity index (χ1) is 16.4. The Hall–Kier alpha value is -4.13. The van der Waals surface area contributed by atoms with E-state index >= 15 is 0 Å². The molecule has 0 spiro atoms. The molecule has 0 amide bonds. The molecule has 34 heavy (non-hydrogen) atoms. The fraction of sp³-hybridized carbons (Fsp3) is 0.222. The highest BCUT2D eigenvalue weighted by molar-refractivity contribution is 6.08. The summed E-state index contributed by atoms with van der Waals surface area (Å²) in [4.78, 5) is 24.4. The maximum Gasteiger partial charge on any atom is 0.336 e. The van der Waals surface area contributed by atoms with Crippen molar-refractivity contribution in [1.29, 1.82) is 0 Å². The second-order valence-electron chi connectivity index (χ2n) is 8.22. The number of aromatic nitrogens is 3. The van der Waals surface area contributed by atoms with Crippen LogP contribution in [0.3, 0.4) is 0 Å². The lowest BCUT2D eigenvalue weighted by atomic mass is 10.1. The number of ether oxygens (including phenoxy) is 1. The number of ketones is 1. The molecule has 4 rings (SSSR count). The summed E-state index contributed by atoms with van der Waals surface area (Å²) in [6, 6.07) is 18.2. The van der Waals surface area contributed by atoms with Gasteiger partial charge in [0, 0.05) is 24.5 Å². The minimum absolute atomic E-state index is 0.0156. The van der Waals surface area contributed by atoms with E-state index in [0.29, 0.717) is 35.7 Å². The van der Waals surface area contributed by atoms with E-state index in [1.807, 2.05) is 66.3 Å². The van der Waals surface area contributed by atoms with E-state index in [0.717, 1.165) is 24.1 Å². The molecule has 0 atom stereocenters. The summed E-state index contributed by atoms with van der Waals surface area (Å²) in [5.74, 6) is -0.357. The molecule has 0 fully saturated rings. The van der Waals surface area contributed by atoms with E-state index in [-0.39, 0.29) is 11.3 Å². The number of hydrogen-bond acceptors (Lipinski definition) is 4. The predicted octanol–water partition coefficient (Wildman–Crippen LogP) is 4.61. The number of rotatable bonds is 10. The summed E-state index contributed by atoms with van der Waals surface area (Å²) in [7, 11) is 1.55. The maximum absolute atomic E-state index is 12.9. The lowest BCUT2D eigenvalue weighted by Crippen LogP contribution is -2.11. The lowest BCUT2D eigenvalue weighted by molar-refractivity contribution is 0.0695. The Morgan fingerprint density at radius 1 is 1.03 bits per heavy atom. The molecule has 0 aliphatic heterocycles. The Labute approximate surface area is 198 Å². The zero-order chi connectivity index (χ0) is 24.1. The molecule has 0 aliphatic rings. The SMILES string of the molecule is COc1ccc(C(=O)O)c(Cn2ccc(CCCn3cccc3C(=O)c3ccc(C)cc3)n2)c1. The van der Waals surface area contributed by atoms with Gasteiger partial charge in [-0.25, -0.2) is 4.79 Å². The standard InChI is InChI=1S/C27H27N3O4/c1-19-7-9-20(10-8-19)26(31)25-6-4-15-29(25)14-3-5-22-13-16-30(28-22)18-21-17-23(34-2)11-12-24(21)27(32)33/h4,6-13,15-17H,3,5,14,18H2,1-2H3,(H,32,33). The second kappa shape index (κ2) is 10.2. The van der Waals surface area contributed by atoms with Crippen LogP contribution in [-0.4, -0.2) is 38.3 Å². The first-order valence-corrected chi connectivity index (χ1v) is 11.1. The number of carboxylic acids is 1. The van der Waals surface area contributed by atoms with E-state index < -0.39 is 5.97 Å². The molecule has 2 aromatic heterocycles. The van der Waals surface area contributed by atoms with Gasteiger partial charge in [0.25, 0.3) is 0 Å². The molecule has 0 aliphatic carbocycles. The zero-order valence-corrected chi connectivity index (χ0v) is 19.3. The molecular weight excluding hydrogens is 430 g/mol. The van der Waals surface area contributed by atoms with Gasteiger partial charge in [0.1, 0.15) is 5.75 Å². The molecule has 7 nitrogen and oxygen atoms in total. The van der Waals surface area contributed by atoms with Crippen LogP contribution in [0.5, 0.6) is 5.75 Å². The fourth-order valence-electron chi connectivity index (χ4n) is 3.93. The Morgan fingerprint density at radius 2 is 1.82 bits per heavy atom. The third-order valence-corrected chi connectivity index (χ3v) is 5.78. The van der Waals surface area contributed by atoms with E-state index in [9.17, 15) is 14.7 Å². The van der Waals surface area contributed by atoms with Crippen molar-refractivity contribution < 1.29 is 19.4 Å². The third-order valence-electron chi connectivity index (χ3n) is 5.78. The number of nitrogens with zero attached hydrogens (tertiary/aromatic N) is 3. The van der Waals surface area contributed by atoms with Crippen molar-refractivity contribution in [2.45, 2.75) is 32.9 Å². The van der Waals surface area contributed by atoms with E-state index in [1.54, 1.807) is 30.0 Å². The van der Waals surface area contributed by atoms with Gasteiger partial charge >= 0.3 is 5.97 Å². The van der Waals surface area contributed by atoms with E-state index in [1.165, 1.54) is 0 Å². The molecule has 174 valence electrons. The Balaban J connectivity index is 1.38. The molecule has 0 unspecified atom stereocenters. The molecule has 0 saturated carbocycles. The van der Waals surface area contributed by atoms with Crippen molar-refractivity contribution in [3.05, 3.63) is 107 Å². The lowest BCUT2D eigenvalue weighted by Gasteiger charge is -2.09. The monoisotopic (exact) mass is 457 g/mol. The number of aryl methyl sites for hydroxylation is 3. The molecule has 0 bridgehead atoms. The van der Waals surface area contributed by atoms with Crippen LogP contribution in [0.15, 0.2) is 73.1 Å². The summed E-state index contributed by atoms with van der Waals surface area (Å²) in [5.41, 5.74) is 4.26. The zero-order valence-electron chi connectivity index (χ0n) is 19.3. The molecule has 1 N–H and O–H groups in total. The third kappa shape index (κ3) is 5.26. The number of carbonyl (C=O) groups is 2. The highest BCUT2D eigenvalue weighted by Gasteiger charge is 2.14. The Kier molecular flexibility index (Phi) is 6.92. The summed E-state index contributed by atoms with van der Waals surface area (Å²) in [5, 5.41) is 14.1. The van der Waals surface area contributed by atoms with Crippen LogP contribution in [0.25, 0.3) is 0 Å². The largest absolute Gasteiger partial charge is 0.497 e. The van der Waals surface area contributed by atoms with Gasteiger partial charge in [0.2, 0.25) is 5.78 Å². The van der Waals surface area contributed by atoms with Crippen LogP contribution in [0, 0.1) is 6.92 Å². The van der Waals surface area contributed by atoms with Gasteiger partial charge in [-0.05, 0) is 61.7 Å². The minimum Gasteiger partial charge on any atom is -0.497 e. The van der Waals surface area contributed by atoms with Gasteiger partial charge < -0.3 is 14.4 Å². The quantitative estimate of drug-likeness (QED) is 0.352. The summed E-state index contributed by atoms with van der Waals surface area (Å²) in [6.45, 7) is 3.04. The van der Waals surface area contributed by atoms with Crippen LogP contribution in [0.2, 0.25) is 0 Å². The molecule has 7 heteroatoms. The van der Waals surface area contributed by atoms with Crippen molar-refractivity contribution in [3.63, 3.8) is 0 Å². The van der Waals surface area contributed by atoms with Gasteiger partial charge in [-0.3, -0.25) is 9.48 Å². The topological polar surface area (TPSA) is 86.4 Å². The molecule has 4 aromatic rings. The van der Waals surface area contributed by atoms with Gasteiger partial charge in [-0.2, -0.15) is 5.10 Å². The van der Waals surface area contributed by atoms with Crippen molar-refractivity contribution >= 4 is 11.8 Å². The molecular formula is C27H27N3O4. The van der Waals surface area contributed by atoms with E-state index in [2.05, 4.69) is 5.10 Å². The number of carboxylic acid groups (broad SMARTS) is 1. The summed E-state index contributed by atoms with van der Waals surface area (Å²) < 4.78 is 8.95. The number of carbonyl (C=O) groups excluding carboxylic acids is 1. The summed E-state index contributed by atoms with van der Waals surface area (Å²) in [6.07, 6.45) is 5.34. The average Bonchev–Trinajstić information content (AvgIpc) is 3.48. The molecule has 2 aromatic carbocycles. The molecule has 2 heterocycles. The smallest absolute Gasteiger partial charge is 0.336 e. The van der Waals surface area contributed by atoms with Gasteiger partial charge in [-0.15, -0.1) is 0 Å². The summed E-state index contributed by atoms with van der Waals surface area (Å²) >= 11 is 0. The Bertz CT molecular complexity index is 1300. The van der Waals surface area contributed by atoms with Crippen molar-refractivity contribution in [1.82, 2.24) is 14.3 Å². The van der Waals surface area contributed by atoms with E-state index in [4.69, 9.17) is 4.74 Å². The average molecular weight is 458 g/mol. The van der Waals surface area contributed by atoms with Crippen LogP contribution in [0.4, 0.5) is 0 Å². The highest BCUT2D eigenvalue weighted by Crippen LogP contribution is 2.19. The van der Waals surface area contributed by atoms with Crippen LogP contribution in [0.1, 0.15) is 49.7 Å². The number of methoxy groups -OCH3 is 1. The number of aromatic carboxylic acids is 1. The first kappa shape index (κ1) is 23.0. The van der Waals surface area contributed by atoms with Crippen LogP contribution >= 0.6 is 0 Å². The van der Waals surface area contributed by atoms with Crippen molar-refractivity contribution in [3.8, 4) is 5.75 Å². The second-order valence-corrected chi connectivity index (χ2v) is 8.22. The van der Waals surface area contributed by atoms with Crippen LogP contribution in [-0.2, 0) is 19.5 Å². The maximum atomic E-state index is 12.9. The predicted molar refractivity (Wildman–Crippen MR) is 129 cm³/mol. The van der Waals surface area contributed by atoms with Crippen molar-refractivity contribution in [2.75, 3.05) is 7.11 Å². The Morgan fingerprint density at radius 3 is 2.56 bits per heavy atom. The first-order valence-electron chi connectivity index (χ1n) is 11.1. The molecule has 0 saturated heterocycles. The fourth-order valence-corrected chi connectivity index (χ4v) is 3.93. The van der Waals surface area contributed by atoms with Gasteiger partial charge in [0.15, 0.2) is 0 Å². The van der Waals surface area contributed by atoms with Gasteiger partial charge in [0.05, 0.1) is 30.6 Å². The number of hydrogen-bond donors (Lipinski definition) is 1. The van der Waals surface area contributed by atoms with Crippen LogP contribution < -0.4 is 4.74 Å². The molecule has 0 radical (unpaired) electrons. The van der Waals surface area contributed by atoms with Crippen molar-refractivity contribution in [2.24, 2.45) is 0 Å².